The summed E-state index contributed by atoms with van der Waals surface area (Å²) in [5, 5.41) is 13.5. The Bertz CT molecular complexity index is 688. The van der Waals surface area contributed by atoms with Gasteiger partial charge in [0.05, 0.1) is 6.21 Å². The Labute approximate surface area is 121 Å². The molecule has 2 rings (SSSR count). The minimum absolute atomic E-state index is 0.199. The number of carbonyl (C=O) groups is 1. The van der Waals surface area contributed by atoms with Gasteiger partial charge in [0.25, 0.3) is 5.91 Å². The fourth-order valence-electron chi connectivity index (χ4n) is 1.92. The van der Waals surface area contributed by atoms with Gasteiger partial charge < -0.3 is 5.11 Å². The number of nitrogens with one attached hydrogen (secondary N) is 1. The highest BCUT2D eigenvalue weighted by atomic mass is 19.1. The lowest BCUT2D eigenvalue weighted by molar-refractivity contribution is 0.0954. The van der Waals surface area contributed by atoms with Gasteiger partial charge in [-0.3, -0.25) is 4.79 Å². The highest BCUT2D eigenvalue weighted by Gasteiger charge is 2.05. The summed E-state index contributed by atoms with van der Waals surface area (Å²) in [4.78, 5) is 11.7. The molecule has 2 aromatic carbocycles. The first-order valence-electron chi connectivity index (χ1n) is 6.36. The molecule has 21 heavy (non-hydrogen) atoms. The molecule has 0 fully saturated rings. The molecule has 2 aromatic rings. The molecule has 0 aliphatic heterocycles. The molecule has 0 aromatic heterocycles. The molecule has 0 bridgehead atoms. The number of phenols is 1. The van der Waals surface area contributed by atoms with Crippen LogP contribution in [0.25, 0.3) is 0 Å². The van der Waals surface area contributed by atoms with Crippen LogP contribution in [0.1, 0.15) is 27.0 Å². The number of aryl methyl sites for hydroxylation is 2. The summed E-state index contributed by atoms with van der Waals surface area (Å²) in [6.07, 6.45) is 1.47. The van der Waals surface area contributed by atoms with E-state index >= 15 is 0 Å². The van der Waals surface area contributed by atoms with E-state index in [9.17, 15) is 14.3 Å². The molecule has 5 heteroatoms. The molecule has 0 saturated heterocycles. The van der Waals surface area contributed by atoms with Gasteiger partial charge in [-0.25, -0.2) is 9.82 Å². The van der Waals surface area contributed by atoms with Gasteiger partial charge in [-0.2, -0.15) is 5.10 Å². The highest BCUT2D eigenvalue weighted by molar-refractivity contribution is 5.94. The quantitative estimate of drug-likeness (QED) is 0.673. The van der Waals surface area contributed by atoms with Crippen LogP contribution in [0.2, 0.25) is 0 Å². The van der Waals surface area contributed by atoms with Crippen molar-refractivity contribution >= 4 is 12.1 Å². The number of amides is 1. The van der Waals surface area contributed by atoms with Crippen LogP contribution in [0, 0.1) is 19.7 Å². The normalized spacial score (nSPS) is 10.8. The number of carbonyl (C=O) groups excluding carboxylic acids is 1. The van der Waals surface area contributed by atoms with Crippen molar-refractivity contribution in [3.63, 3.8) is 0 Å². The molecule has 108 valence electrons. The maximum atomic E-state index is 13.0. The Morgan fingerprint density at radius 3 is 2.52 bits per heavy atom. The first-order chi connectivity index (χ1) is 9.97. The summed E-state index contributed by atoms with van der Waals surface area (Å²) < 4.78 is 13.0. The minimum atomic E-state index is -0.488. The third-order valence-electron chi connectivity index (χ3n) is 2.98. The van der Waals surface area contributed by atoms with Crippen molar-refractivity contribution in [2.75, 3.05) is 0 Å². The fraction of sp³-hybridized carbons (Fsp3) is 0.125. The van der Waals surface area contributed by atoms with Gasteiger partial charge in [0.15, 0.2) is 0 Å². The zero-order valence-corrected chi connectivity index (χ0v) is 11.7. The number of benzene rings is 2. The largest absolute Gasteiger partial charge is 0.507 e. The van der Waals surface area contributed by atoms with Gasteiger partial charge in [0.1, 0.15) is 11.6 Å². The number of hydrogen-bond acceptors (Lipinski definition) is 3. The van der Waals surface area contributed by atoms with Gasteiger partial charge in [-0.15, -0.1) is 0 Å². The Morgan fingerprint density at radius 2 is 1.90 bits per heavy atom. The van der Waals surface area contributed by atoms with Crippen molar-refractivity contribution in [3.8, 4) is 5.75 Å². The third-order valence-corrected chi connectivity index (χ3v) is 2.98. The van der Waals surface area contributed by atoms with E-state index in [4.69, 9.17) is 0 Å². The van der Waals surface area contributed by atoms with E-state index < -0.39 is 11.7 Å². The molecule has 0 heterocycles. The van der Waals surface area contributed by atoms with Gasteiger partial charge in [-0.1, -0.05) is 6.07 Å². The van der Waals surface area contributed by atoms with Crippen LogP contribution in [-0.2, 0) is 0 Å². The van der Waals surface area contributed by atoms with Crippen LogP contribution in [0.3, 0.4) is 0 Å². The van der Waals surface area contributed by atoms with E-state index in [0.29, 0.717) is 0 Å². The molecule has 2 N–H and O–H groups in total. The number of halogens is 1. The first kappa shape index (κ1) is 14.7. The lowest BCUT2D eigenvalue weighted by atomic mass is 10.1. The van der Waals surface area contributed by atoms with E-state index in [1.54, 1.807) is 26.0 Å². The SMILES string of the molecule is Cc1cc(C=NNC(=O)c2cccc(F)c2)cc(C)c1O. The second-order valence-corrected chi connectivity index (χ2v) is 4.71. The molecule has 0 spiro atoms. The molecule has 4 nitrogen and oxygen atoms in total. The van der Waals surface area contributed by atoms with Gasteiger partial charge in [0.2, 0.25) is 0 Å². The average Bonchev–Trinajstić information content (AvgIpc) is 2.44. The van der Waals surface area contributed by atoms with Crippen LogP contribution in [0.5, 0.6) is 5.75 Å². The second-order valence-electron chi connectivity index (χ2n) is 4.71. The number of rotatable bonds is 3. The van der Waals surface area contributed by atoms with Crippen molar-refractivity contribution in [1.29, 1.82) is 0 Å². The zero-order valence-electron chi connectivity index (χ0n) is 11.7. The summed E-state index contributed by atoms with van der Waals surface area (Å²) in [5.74, 6) is -0.717. The highest BCUT2D eigenvalue weighted by Crippen LogP contribution is 2.21. The van der Waals surface area contributed by atoms with Crippen molar-refractivity contribution in [2.45, 2.75) is 13.8 Å². The van der Waals surface area contributed by atoms with E-state index in [0.717, 1.165) is 22.8 Å². The van der Waals surface area contributed by atoms with Crippen LogP contribution in [-0.4, -0.2) is 17.2 Å². The van der Waals surface area contributed by atoms with E-state index in [-0.39, 0.29) is 11.3 Å². The second kappa shape index (κ2) is 6.17. The Kier molecular flexibility index (Phi) is 4.33. The number of aromatic hydroxyl groups is 1. The predicted octanol–water partition coefficient (Wildman–Crippen LogP) is 2.91. The zero-order chi connectivity index (χ0) is 15.4. The Hall–Kier alpha value is -2.69. The van der Waals surface area contributed by atoms with Gasteiger partial charge >= 0.3 is 0 Å². The summed E-state index contributed by atoms with van der Waals surface area (Å²) >= 11 is 0. The first-order valence-corrected chi connectivity index (χ1v) is 6.36. The van der Waals surface area contributed by atoms with Crippen LogP contribution in [0.4, 0.5) is 4.39 Å². The third kappa shape index (κ3) is 3.66. The lowest BCUT2D eigenvalue weighted by Crippen LogP contribution is -2.17. The summed E-state index contributed by atoms with van der Waals surface area (Å²) in [6.45, 7) is 3.57. The lowest BCUT2D eigenvalue weighted by Gasteiger charge is -2.04. The molecule has 1 amide bonds. The summed E-state index contributed by atoms with van der Waals surface area (Å²) in [5.41, 5.74) is 4.74. The van der Waals surface area contributed by atoms with Crippen LogP contribution >= 0.6 is 0 Å². The van der Waals surface area contributed by atoms with Crippen molar-refractivity contribution in [1.82, 2.24) is 5.43 Å². The summed E-state index contributed by atoms with van der Waals surface area (Å²) in [6, 6.07) is 8.87. The van der Waals surface area contributed by atoms with Crippen molar-refractivity contribution in [2.24, 2.45) is 5.10 Å². The standard InChI is InChI=1S/C16H15FN2O2/c1-10-6-12(7-11(2)15(10)20)9-18-19-16(21)13-4-3-5-14(17)8-13/h3-9,20H,1-2H3,(H,19,21). The van der Waals surface area contributed by atoms with Gasteiger partial charge in [-0.05, 0) is 60.9 Å². The number of phenolic OH excluding ortho intramolecular Hbond substituents is 1. The maximum Gasteiger partial charge on any atom is 0.271 e. The van der Waals surface area contributed by atoms with E-state index in [2.05, 4.69) is 10.5 Å². The van der Waals surface area contributed by atoms with E-state index in [1.807, 2.05) is 0 Å². The molecular weight excluding hydrogens is 271 g/mol. The molecule has 0 radical (unpaired) electrons. The fourth-order valence-corrected chi connectivity index (χ4v) is 1.92. The molecule has 0 aliphatic rings. The predicted molar refractivity (Wildman–Crippen MR) is 79.0 cm³/mol. The Morgan fingerprint density at radius 1 is 1.24 bits per heavy atom. The van der Waals surface area contributed by atoms with Gasteiger partial charge in [0, 0.05) is 5.56 Å². The van der Waals surface area contributed by atoms with Crippen molar-refractivity contribution < 1.29 is 14.3 Å². The topological polar surface area (TPSA) is 61.7 Å². The Balaban J connectivity index is 2.07. The average molecular weight is 286 g/mol. The van der Waals surface area contributed by atoms with Crippen LogP contribution < -0.4 is 5.43 Å². The minimum Gasteiger partial charge on any atom is -0.507 e. The van der Waals surface area contributed by atoms with E-state index in [1.165, 1.54) is 24.4 Å². The monoisotopic (exact) mass is 286 g/mol. The number of hydrogen-bond donors (Lipinski definition) is 2. The number of nitrogens with zero attached hydrogens (tertiary/aromatic N) is 1. The molecule has 0 atom stereocenters. The smallest absolute Gasteiger partial charge is 0.271 e. The molecular formula is C16H15FN2O2. The molecule has 0 unspecified atom stereocenters. The maximum absolute atomic E-state index is 13.0. The molecule has 0 saturated carbocycles. The number of hydrazone groups is 1. The molecule has 0 aliphatic carbocycles. The summed E-state index contributed by atoms with van der Waals surface area (Å²) in [7, 11) is 0. The van der Waals surface area contributed by atoms with Crippen molar-refractivity contribution in [3.05, 3.63) is 64.5 Å². The van der Waals surface area contributed by atoms with Crippen LogP contribution in [0.15, 0.2) is 41.5 Å².